The fraction of sp³-hybridized carbons (Fsp3) is 0.458. The Morgan fingerprint density at radius 2 is 1.58 bits per heavy atom. The third-order valence-corrected chi connectivity index (χ3v) is 5.40. The number of ether oxygens (including phenoxy) is 1. The van der Waals surface area contributed by atoms with Gasteiger partial charge in [-0.2, -0.15) is 0 Å². The molecule has 0 radical (unpaired) electrons. The van der Waals surface area contributed by atoms with E-state index in [-0.39, 0.29) is 5.92 Å². The van der Waals surface area contributed by atoms with Crippen LogP contribution >= 0.6 is 0 Å². The number of rotatable bonds is 7. The zero-order valence-corrected chi connectivity index (χ0v) is 16.0. The van der Waals surface area contributed by atoms with Crippen molar-refractivity contribution in [3.8, 4) is 16.9 Å². The SMILES string of the molecule is CCCCCOc1ccc(-c2ccc(C3CCC(C)CC3=O)cc2)cc1. The van der Waals surface area contributed by atoms with Crippen molar-refractivity contribution >= 4 is 5.78 Å². The number of hydrogen-bond donors (Lipinski definition) is 0. The van der Waals surface area contributed by atoms with Crippen LogP contribution in [0, 0.1) is 5.92 Å². The van der Waals surface area contributed by atoms with Gasteiger partial charge in [0.2, 0.25) is 0 Å². The van der Waals surface area contributed by atoms with Crippen molar-refractivity contribution < 1.29 is 9.53 Å². The number of unbranched alkanes of at least 4 members (excludes halogenated alkanes) is 2. The lowest BCUT2D eigenvalue weighted by molar-refractivity contribution is -0.123. The summed E-state index contributed by atoms with van der Waals surface area (Å²) in [6.07, 6.45) is 6.41. The van der Waals surface area contributed by atoms with Crippen LogP contribution in [-0.2, 0) is 4.79 Å². The molecule has 0 aliphatic heterocycles. The zero-order valence-electron chi connectivity index (χ0n) is 16.0. The summed E-state index contributed by atoms with van der Waals surface area (Å²) in [5.41, 5.74) is 3.53. The molecule has 1 saturated carbocycles. The predicted molar refractivity (Wildman–Crippen MR) is 108 cm³/mol. The molecular formula is C24H30O2. The average Bonchev–Trinajstić information content (AvgIpc) is 2.66. The van der Waals surface area contributed by atoms with E-state index < -0.39 is 0 Å². The molecule has 2 atom stereocenters. The van der Waals surface area contributed by atoms with Crippen LogP contribution in [-0.4, -0.2) is 12.4 Å². The van der Waals surface area contributed by atoms with E-state index in [2.05, 4.69) is 50.2 Å². The van der Waals surface area contributed by atoms with Gasteiger partial charge in [0.15, 0.2) is 0 Å². The summed E-state index contributed by atoms with van der Waals surface area (Å²) in [5, 5.41) is 0. The number of ketones is 1. The third-order valence-electron chi connectivity index (χ3n) is 5.40. The first-order valence-electron chi connectivity index (χ1n) is 10.0. The maximum absolute atomic E-state index is 12.3. The van der Waals surface area contributed by atoms with E-state index >= 15 is 0 Å². The van der Waals surface area contributed by atoms with Gasteiger partial charge in [-0.1, -0.05) is 63.1 Å². The lowest BCUT2D eigenvalue weighted by Crippen LogP contribution is -2.21. The van der Waals surface area contributed by atoms with Gasteiger partial charge >= 0.3 is 0 Å². The lowest BCUT2D eigenvalue weighted by atomic mass is 9.78. The molecule has 0 bridgehead atoms. The van der Waals surface area contributed by atoms with Crippen LogP contribution in [0.4, 0.5) is 0 Å². The van der Waals surface area contributed by atoms with Gasteiger partial charge in [-0.25, -0.2) is 0 Å². The Morgan fingerprint density at radius 1 is 0.923 bits per heavy atom. The normalized spacial score (nSPS) is 20.2. The molecule has 3 rings (SSSR count). The topological polar surface area (TPSA) is 26.3 Å². The molecule has 0 amide bonds. The highest BCUT2D eigenvalue weighted by Crippen LogP contribution is 2.34. The highest BCUT2D eigenvalue weighted by atomic mass is 16.5. The minimum atomic E-state index is 0.0964. The van der Waals surface area contributed by atoms with Gasteiger partial charge in [-0.15, -0.1) is 0 Å². The molecule has 0 spiro atoms. The van der Waals surface area contributed by atoms with Gasteiger partial charge in [0, 0.05) is 12.3 Å². The van der Waals surface area contributed by atoms with Crippen molar-refractivity contribution in [2.24, 2.45) is 5.92 Å². The van der Waals surface area contributed by atoms with Crippen LogP contribution in [0.25, 0.3) is 11.1 Å². The molecule has 1 fully saturated rings. The van der Waals surface area contributed by atoms with E-state index in [4.69, 9.17) is 4.74 Å². The van der Waals surface area contributed by atoms with Crippen LogP contribution in [0.2, 0.25) is 0 Å². The average molecular weight is 351 g/mol. The van der Waals surface area contributed by atoms with Gasteiger partial charge in [0.05, 0.1) is 6.61 Å². The molecular weight excluding hydrogens is 320 g/mol. The number of carbonyl (C=O) groups is 1. The van der Waals surface area contributed by atoms with E-state index in [9.17, 15) is 4.79 Å². The van der Waals surface area contributed by atoms with Gasteiger partial charge in [0.25, 0.3) is 0 Å². The first-order chi connectivity index (χ1) is 12.7. The maximum atomic E-state index is 12.3. The number of hydrogen-bond acceptors (Lipinski definition) is 2. The predicted octanol–water partition coefficient (Wildman–Crippen LogP) is 6.40. The summed E-state index contributed by atoms with van der Waals surface area (Å²) in [5.74, 6) is 1.98. The Morgan fingerprint density at radius 3 is 2.19 bits per heavy atom. The fourth-order valence-corrected chi connectivity index (χ4v) is 3.75. The molecule has 0 aromatic heterocycles. The molecule has 2 unspecified atom stereocenters. The summed E-state index contributed by atoms with van der Waals surface area (Å²) in [6.45, 7) is 5.16. The smallest absolute Gasteiger partial charge is 0.140 e. The third kappa shape index (κ3) is 4.75. The van der Waals surface area contributed by atoms with Crippen LogP contribution < -0.4 is 4.74 Å². The second kappa shape index (κ2) is 9.02. The summed E-state index contributed by atoms with van der Waals surface area (Å²) in [6, 6.07) is 16.8. The Kier molecular flexibility index (Phi) is 6.49. The zero-order chi connectivity index (χ0) is 18.4. The van der Waals surface area contributed by atoms with Crippen LogP contribution in [0.15, 0.2) is 48.5 Å². The quantitative estimate of drug-likeness (QED) is 0.540. The molecule has 1 aliphatic rings. The molecule has 138 valence electrons. The van der Waals surface area contributed by atoms with Crippen molar-refractivity contribution in [2.75, 3.05) is 6.61 Å². The Hall–Kier alpha value is -2.09. The maximum Gasteiger partial charge on any atom is 0.140 e. The van der Waals surface area contributed by atoms with Gasteiger partial charge in [-0.05, 0) is 54.0 Å². The molecule has 2 heteroatoms. The van der Waals surface area contributed by atoms with E-state index in [1.165, 1.54) is 29.5 Å². The molecule has 26 heavy (non-hydrogen) atoms. The first-order valence-corrected chi connectivity index (χ1v) is 10.0. The Balaban J connectivity index is 1.62. The highest BCUT2D eigenvalue weighted by Gasteiger charge is 2.27. The largest absolute Gasteiger partial charge is 0.494 e. The summed E-state index contributed by atoms with van der Waals surface area (Å²) in [7, 11) is 0. The molecule has 2 nitrogen and oxygen atoms in total. The molecule has 1 aliphatic carbocycles. The molecule has 2 aromatic rings. The summed E-state index contributed by atoms with van der Waals surface area (Å²) >= 11 is 0. The highest BCUT2D eigenvalue weighted by molar-refractivity contribution is 5.86. The minimum Gasteiger partial charge on any atom is -0.494 e. The van der Waals surface area contributed by atoms with Gasteiger partial charge in [-0.3, -0.25) is 4.79 Å². The van der Waals surface area contributed by atoms with Crippen molar-refractivity contribution in [1.82, 2.24) is 0 Å². The van der Waals surface area contributed by atoms with E-state index in [0.717, 1.165) is 38.0 Å². The second-order valence-corrected chi connectivity index (χ2v) is 7.61. The number of Topliss-reactive ketones (excluding diaryl/α,β-unsaturated/α-hetero) is 1. The molecule has 0 heterocycles. The van der Waals surface area contributed by atoms with Crippen LogP contribution in [0.5, 0.6) is 5.75 Å². The van der Waals surface area contributed by atoms with Crippen molar-refractivity contribution in [3.05, 3.63) is 54.1 Å². The van der Waals surface area contributed by atoms with Crippen molar-refractivity contribution in [3.63, 3.8) is 0 Å². The number of benzene rings is 2. The second-order valence-electron chi connectivity index (χ2n) is 7.61. The lowest BCUT2D eigenvalue weighted by Gasteiger charge is -2.25. The monoisotopic (exact) mass is 350 g/mol. The van der Waals surface area contributed by atoms with Crippen LogP contribution in [0.1, 0.15) is 63.9 Å². The number of carbonyl (C=O) groups excluding carboxylic acids is 1. The van der Waals surface area contributed by atoms with Gasteiger partial charge < -0.3 is 4.74 Å². The summed E-state index contributed by atoms with van der Waals surface area (Å²) < 4.78 is 5.78. The Bertz CT molecular complexity index is 700. The van der Waals surface area contributed by atoms with Crippen molar-refractivity contribution in [1.29, 1.82) is 0 Å². The standard InChI is InChI=1S/C24H30O2/c1-3-4-5-16-26-22-13-11-20(12-14-22)19-7-9-21(10-8-19)23-15-6-18(2)17-24(23)25/h7-14,18,23H,3-6,15-17H2,1-2H3. The van der Waals surface area contributed by atoms with E-state index in [1.807, 2.05) is 12.1 Å². The molecule has 0 saturated heterocycles. The summed E-state index contributed by atoms with van der Waals surface area (Å²) in [4.78, 5) is 12.3. The van der Waals surface area contributed by atoms with Gasteiger partial charge in [0.1, 0.15) is 11.5 Å². The fourth-order valence-electron chi connectivity index (χ4n) is 3.75. The van der Waals surface area contributed by atoms with Crippen molar-refractivity contribution in [2.45, 2.75) is 58.3 Å². The minimum absolute atomic E-state index is 0.0964. The van der Waals surface area contributed by atoms with E-state index in [0.29, 0.717) is 11.7 Å². The molecule has 2 aromatic carbocycles. The molecule has 0 N–H and O–H groups in total. The van der Waals surface area contributed by atoms with E-state index in [1.54, 1.807) is 0 Å². The van der Waals surface area contributed by atoms with Crippen LogP contribution in [0.3, 0.4) is 0 Å². The first kappa shape index (κ1) is 18.7. The Labute approximate surface area is 157 Å².